The summed E-state index contributed by atoms with van der Waals surface area (Å²) in [5.74, 6) is 1.01. The van der Waals surface area contributed by atoms with Crippen molar-refractivity contribution in [2.75, 3.05) is 0 Å². The maximum absolute atomic E-state index is 10.9. The maximum Gasteiger partial charge on any atom is 0.0850 e. The van der Waals surface area contributed by atoms with E-state index in [0.29, 0.717) is 18.3 Å². The number of aliphatic hydroxyl groups excluding tert-OH is 3. The molecule has 0 amide bonds. The van der Waals surface area contributed by atoms with Crippen molar-refractivity contribution in [3.05, 3.63) is 35.5 Å². The second-order valence-corrected chi connectivity index (χ2v) is 11.4. The standard InChI is InChI=1S/C27H44O4/c1-17-8-11-21(28)15-20(17)10-9-19-7-6-14-27(5)22(12-13-23(19)27)18(2)24(29)16-25(30)26(3,4)31/h9-10,18,21-25,28-31H,1,6-8,11-16H2,2-5H3/b19-9+,20-10+/t18-,21-,22+,23-,24?,25?,27+/m0/s1. The summed E-state index contributed by atoms with van der Waals surface area (Å²) in [6.07, 6.45) is 11.0. The molecule has 0 bridgehead atoms. The first kappa shape index (κ1) is 24.7. The molecule has 7 atom stereocenters. The molecule has 0 aromatic carbocycles. The lowest BCUT2D eigenvalue weighted by Gasteiger charge is -2.45. The molecule has 0 saturated heterocycles. The second kappa shape index (κ2) is 9.51. The molecular formula is C27H44O4. The maximum atomic E-state index is 10.9. The molecule has 0 aromatic heterocycles. The van der Waals surface area contributed by atoms with Crippen molar-refractivity contribution in [2.24, 2.45) is 23.2 Å². The number of hydrogen-bond acceptors (Lipinski definition) is 4. The molecule has 3 rings (SSSR count). The van der Waals surface area contributed by atoms with Gasteiger partial charge in [-0.1, -0.05) is 43.7 Å². The highest BCUT2D eigenvalue weighted by molar-refractivity contribution is 5.36. The van der Waals surface area contributed by atoms with Crippen LogP contribution in [0.4, 0.5) is 0 Å². The summed E-state index contributed by atoms with van der Waals surface area (Å²) < 4.78 is 0. The summed E-state index contributed by atoms with van der Waals surface area (Å²) in [5, 5.41) is 41.2. The molecular weight excluding hydrogens is 388 g/mol. The van der Waals surface area contributed by atoms with E-state index in [1.807, 2.05) is 0 Å². The summed E-state index contributed by atoms with van der Waals surface area (Å²) in [6, 6.07) is 0. The Morgan fingerprint density at radius 1 is 1.16 bits per heavy atom. The Morgan fingerprint density at radius 3 is 2.55 bits per heavy atom. The Hall–Kier alpha value is -0.940. The van der Waals surface area contributed by atoms with Crippen molar-refractivity contribution in [1.29, 1.82) is 0 Å². The molecule has 4 heteroatoms. The second-order valence-electron chi connectivity index (χ2n) is 11.4. The summed E-state index contributed by atoms with van der Waals surface area (Å²) >= 11 is 0. The number of aliphatic hydroxyl groups is 4. The molecule has 4 N–H and O–H groups in total. The average molecular weight is 433 g/mol. The van der Waals surface area contributed by atoms with Gasteiger partial charge in [0.2, 0.25) is 0 Å². The zero-order chi connectivity index (χ0) is 23.0. The smallest absolute Gasteiger partial charge is 0.0850 e. The zero-order valence-electron chi connectivity index (χ0n) is 20.0. The highest BCUT2D eigenvalue weighted by atomic mass is 16.3. The van der Waals surface area contributed by atoms with Gasteiger partial charge in [0.05, 0.1) is 23.9 Å². The fourth-order valence-corrected chi connectivity index (χ4v) is 6.54. The van der Waals surface area contributed by atoms with E-state index in [1.165, 1.54) is 17.6 Å². The van der Waals surface area contributed by atoms with Crippen LogP contribution in [0.1, 0.15) is 85.5 Å². The van der Waals surface area contributed by atoms with E-state index in [9.17, 15) is 20.4 Å². The largest absolute Gasteiger partial charge is 0.393 e. The minimum atomic E-state index is -1.20. The van der Waals surface area contributed by atoms with E-state index in [0.717, 1.165) is 44.1 Å². The first-order valence-electron chi connectivity index (χ1n) is 12.3. The predicted molar refractivity (Wildman–Crippen MR) is 125 cm³/mol. The van der Waals surface area contributed by atoms with Gasteiger partial charge in [-0.05, 0) is 94.0 Å². The van der Waals surface area contributed by atoms with Crippen molar-refractivity contribution in [1.82, 2.24) is 0 Å². The monoisotopic (exact) mass is 432 g/mol. The molecule has 4 nitrogen and oxygen atoms in total. The highest BCUT2D eigenvalue weighted by Crippen LogP contribution is 2.60. The van der Waals surface area contributed by atoms with Crippen LogP contribution in [-0.2, 0) is 0 Å². The summed E-state index contributed by atoms with van der Waals surface area (Å²) in [5.41, 5.74) is 2.82. The van der Waals surface area contributed by atoms with Crippen molar-refractivity contribution < 1.29 is 20.4 Å². The van der Waals surface area contributed by atoms with Gasteiger partial charge < -0.3 is 20.4 Å². The Labute approximate surface area is 188 Å². The van der Waals surface area contributed by atoms with Crippen molar-refractivity contribution in [3.8, 4) is 0 Å². The van der Waals surface area contributed by atoms with Crippen LogP contribution >= 0.6 is 0 Å². The number of rotatable bonds is 6. The normalized spacial score (nSPS) is 37.7. The van der Waals surface area contributed by atoms with Crippen LogP contribution in [-0.4, -0.2) is 44.3 Å². The van der Waals surface area contributed by atoms with E-state index in [1.54, 1.807) is 13.8 Å². The van der Waals surface area contributed by atoms with Crippen LogP contribution in [0.25, 0.3) is 0 Å². The number of fused-ring (bicyclic) bond motifs is 1. The molecule has 2 unspecified atom stereocenters. The third kappa shape index (κ3) is 5.35. The molecule has 0 heterocycles. The Kier molecular flexibility index (Phi) is 7.57. The summed E-state index contributed by atoms with van der Waals surface area (Å²) in [4.78, 5) is 0. The van der Waals surface area contributed by atoms with Gasteiger partial charge in [-0.2, -0.15) is 0 Å². The van der Waals surface area contributed by atoms with E-state index in [-0.39, 0.29) is 23.9 Å². The van der Waals surface area contributed by atoms with Gasteiger partial charge in [-0.3, -0.25) is 0 Å². The van der Waals surface area contributed by atoms with Gasteiger partial charge in [-0.15, -0.1) is 0 Å². The Balaban J connectivity index is 1.74. The van der Waals surface area contributed by atoms with Crippen LogP contribution in [0.2, 0.25) is 0 Å². The van der Waals surface area contributed by atoms with E-state index in [4.69, 9.17) is 0 Å². The van der Waals surface area contributed by atoms with Crippen LogP contribution in [0.5, 0.6) is 0 Å². The molecule has 3 aliphatic rings. The van der Waals surface area contributed by atoms with Crippen LogP contribution in [0.3, 0.4) is 0 Å². The van der Waals surface area contributed by atoms with Gasteiger partial charge in [0.1, 0.15) is 0 Å². The van der Waals surface area contributed by atoms with Gasteiger partial charge >= 0.3 is 0 Å². The molecule has 0 spiro atoms. The fraction of sp³-hybridized carbons (Fsp3) is 0.778. The van der Waals surface area contributed by atoms with Crippen LogP contribution in [0.15, 0.2) is 35.5 Å². The van der Waals surface area contributed by atoms with Gasteiger partial charge in [0.25, 0.3) is 0 Å². The lowest BCUT2D eigenvalue weighted by atomic mass is 9.60. The minimum Gasteiger partial charge on any atom is -0.393 e. The van der Waals surface area contributed by atoms with Crippen LogP contribution < -0.4 is 0 Å². The van der Waals surface area contributed by atoms with Crippen molar-refractivity contribution in [2.45, 2.75) is 109 Å². The SMILES string of the molecule is C=C1CC[C@H](O)C/C1=C\C=C1/CCC[C@]2(C)[C@@H]([C@H](C)C(O)CC(O)C(C)(C)O)CC[C@@H]12. The predicted octanol–water partition coefficient (Wildman–Crippen LogP) is 4.68. The van der Waals surface area contributed by atoms with Crippen LogP contribution in [0, 0.1) is 23.2 Å². The molecule has 3 saturated carbocycles. The molecule has 0 aliphatic heterocycles. The molecule has 0 aromatic rings. The van der Waals surface area contributed by atoms with E-state index >= 15 is 0 Å². The third-order valence-electron chi connectivity index (χ3n) is 8.75. The van der Waals surface area contributed by atoms with E-state index in [2.05, 4.69) is 32.6 Å². The topological polar surface area (TPSA) is 80.9 Å². The summed E-state index contributed by atoms with van der Waals surface area (Å²) in [7, 11) is 0. The molecule has 176 valence electrons. The molecule has 3 aliphatic carbocycles. The first-order valence-corrected chi connectivity index (χ1v) is 12.3. The molecule has 31 heavy (non-hydrogen) atoms. The van der Waals surface area contributed by atoms with E-state index < -0.39 is 17.8 Å². The third-order valence-corrected chi connectivity index (χ3v) is 8.75. The number of hydrogen-bond donors (Lipinski definition) is 4. The molecule has 3 fully saturated rings. The quantitative estimate of drug-likeness (QED) is 0.491. The molecule has 0 radical (unpaired) electrons. The lowest BCUT2D eigenvalue weighted by molar-refractivity contribution is -0.0819. The highest BCUT2D eigenvalue weighted by Gasteiger charge is 2.51. The Bertz CT molecular complexity index is 715. The number of allylic oxidation sites excluding steroid dienone is 4. The first-order chi connectivity index (χ1) is 14.4. The average Bonchev–Trinajstić information content (AvgIpc) is 3.04. The fourth-order valence-electron chi connectivity index (χ4n) is 6.54. The zero-order valence-corrected chi connectivity index (χ0v) is 20.0. The Morgan fingerprint density at radius 2 is 1.87 bits per heavy atom. The van der Waals surface area contributed by atoms with Crippen molar-refractivity contribution >= 4 is 0 Å². The minimum absolute atomic E-state index is 0.0815. The summed E-state index contributed by atoms with van der Waals surface area (Å²) in [6.45, 7) is 11.9. The lowest BCUT2D eigenvalue weighted by Crippen LogP contribution is -2.43. The van der Waals surface area contributed by atoms with Gasteiger partial charge in [-0.25, -0.2) is 0 Å². The van der Waals surface area contributed by atoms with Gasteiger partial charge in [0.15, 0.2) is 0 Å². The van der Waals surface area contributed by atoms with Crippen molar-refractivity contribution in [3.63, 3.8) is 0 Å². The van der Waals surface area contributed by atoms with Gasteiger partial charge in [0, 0.05) is 6.42 Å².